The van der Waals surface area contributed by atoms with Crippen LogP contribution in [0, 0.1) is 18.8 Å². The summed E-state index contributed by atoms with van der Waals surface area (Å²) in [6, 6.07) is 62.9. The van der Waals surface area contributed by atoms with Gasteiger partial charge in [0.05, 0.1) is 0 Å². The molecule has 0 unspecified atom stereocenters. The molecule has 0 fully saturated rings. The van der Waals surface area contributed by atoms with Gasteiger partial charge in [0, 0.05) is 61.1 Å². The fourth-order valence-electron chi connectivity index (χ4n) is 10.7. The van der Waals surface area contributed by atoms with Crippen LogP contribution in [0.3, 0.4) is 0 Å². The van der Waals surface area contributed by atoms with E-state index in [1.807, 2.05) is 6.20 Å². The number of benzene rings is 7. The molecule has 0 N–H and O–H groups in total. The maximum Gasteiger partial charge on any atom is 0.135 e. The van der Waals surface area contributed by atoms with E-state index in [0.29, 0.717) is 11.5 Å². The topological polar surface area (TPSA) is 33.5 Å². The van der Waals surface area contributed by atoms with E-state index < -0.39 is 0 Å². The van der Waals surface area contributed by atoms with Crippen molar-refractivity contribution in [3.05, 3.63) is 227 Å². The van der Waals surface area contributed by atoms with Crippen LogP contribution < -0.4 is 14.5 Å². The van der Waals surface area contributed by atoms with Crippen LogP contribution in [0.1, 0.15) is 160 Å². The maximum atomic E-state index is 7.16. The summed E-state index contributed by atoms with van der Waals surface area (Å²) in [6.45, 7) is 36.6. The molecule has 1 aliphatic heterocycles. The summed E-state index contributed by atoms with van der Waals surface area (Å²) >= 11 is 0. The molecule has 0 radical (unpaired) electrons. The number of hydrogen-bond acceptors (Lipinski definition) is 4. The smallest absolute Gasteiger partial charge is 0.135 e. The van der Waals surface area contributed by atoms with Crippen LogP contribution >= 0.6 is 0 Å². The molecule has 10 rings (SSSR count). The molecule has 0 bridgehead atoms. The Hall–Kier alpha value is -6.68. The summed E-state index contributed by atoms with van der Waals surface area (Å²) in [7, 11) is 0. The Bertz CT molecular complexity index is 3580. The van der Waals surface area contributed by atoms with Crippen molar-refractivity contribution in [2.75, 3.05) is 9.80 Å². The molecule has 2 aromatic heterocycles. The van der Waals surface area contributed by atoms with Gasteiger partial charge in [0.1, 0.15) is 5.82 Å². The maximum absolute atomic E-state index is 7.16. The normalized spacial score (nSPS) is 13.5. The predicted molar refractivity (Wildman–Crippen MR) is 321 cm³/mol. The van der Waals surface area contributed by atoms with Crippen LogP contribution in [0.5, 0.6) is 11.5 Å². The van der Waals surface area contributed by atoms with Gasteiger partial charge in [-0.2, -0.15) is 6.07 Å². The SMILES string of the molecule is CC(C)c1cccc(C(C)C)c1-c1cc(Oc2[c-]c3c(cc2)c2cc(C(C)(C)C)ccc2n3-c2cc(C(C)(C)c3ccccc3)ccn2)[c-]c(N2C=C(c3ccccc3)N(c3cc(C(C)(C)C)cc(C(C)(C)C)c3)[CH-]2)c1.[Pt]. The largest absolute Gasteiger partial charge is 0.509 e. The van der Waals surface area contributed by atoms with Gasteiger partial charge in [-0.1, -0.05) is 206 Å². The molecule has 0 saturated heterocycles. The molecule has 0 amide bonds. The van der Waals surface area contributed by atoms with E-state index in [0.717, 1.165) is 55.8 Å². The molecular weight excluding hydrogens is 1120 g/mol. The van der Waals surface area contributed by atoms with Gasteiger partial charge in [-0.25, -0.2) is 4.98 Å². The number of aromatic nitrogens is 2. The molecule has 6 heteroatoms. The molecule has 3 heterocycles. The van der Waals surface area contributed by atoms with Crippen molar-refractivity contribution < 1.29 is 25.8 Å². The average Bonchev–Trinajstić information content (AvgIpc) is 4.04. The molecule has 0 atom stereocenters. The van der Waals surface area contributed by atoms with E-state index in [-0.39, 0.29) is 54.6 Å². The molecule has 0 saturated carbocycles. The number of hydrogen-bond donors (Lipinski definition) is 0. The van der Waals surface area contributed by atoms with Crippen molar-refractivity contribution in [2.45, 2.75) is 137 Å². The molecule has 0 aliphatic carbocycles. The van der Waals surface area contributed by atoms with Crippen molar-refractivity contribution in [2.24, 2.45) is 0 Å². The van der Waals surface area contributed by atoms with Crippen molar-refractivity contribution in [1.29, 1.82) is 0 Å². The predicted octanol–water partition coefficient (Wildman–Crippen LogP) is 19.1. The molecular formula is C71H75N4OPt-3. The van der Waals surface area contributed by atoms with Gasteiger partial charge in [-0.3, -0.25) is 0 Å². The van der Waals surface area contributed by atoms with E-state index in [9.17, 15) is 0 Å². The third kappa shape index (κ3) is 11.0. The first-order chi connectivity index (χ1) is 35.9. The Morgan fingerprint density at radius 2 is 1.14 bits per heavy atom. The number of rotatable bonds is 11. The fourth-order valence-corrected chi connectivity index (χ4v) is 10.7. The molecule has 0 spiro atoms. The van der Waals surface area contributed by atoms with E-state index in [4.69, 9.17) is 9.72 Å². The minimum Gasteiger partial charge on any atom is -0.509 e. The van der Waals surface area contributed by atoms with Crippen molar-refractivity contribution in [3.63, 3.8) is 0 Å². The van der Waals surface area contributed by atoms with E-state index >= 15 is 0 Å². The van der Waals surface area contributed by atoms with Crippen LogP contribution in [0.25, 0.3) is 44.4 Å². The van der Waals surface area contributed by atoms with E-state index in [1.165, 1.54) is 44.5 Å². The van der Waals surface area contributed by atoms with Gasteiger partial charge < -0.3 is 19.1 Å². The molecule has 398 valence electrons. The molecule has 9 aromatic rings. The van der Waals surface area contributed by atoms with Crippen molar-refractivity contribution in [3.8, 4) is 28.4 Å². The first kappa shape index (κ1) is 55.1. The van der Waals surface area contributed by atoms with Crippen LogP contribution in [-0.4, -0.2) is 9.55 Å². The summed E-state index contributed by atoms with van der Waals surface area (Å²) in [5.74, 6) is 2.61. The second kappa shape index (κ2) is 20.9. The number of anilines is 2. The minimum atomic E-state index is -0.260. The van der Waals surface area contributed by atoms with Gasteiger partial charge >= 0.3 is 0 Å². The van der Waals surface area contributed by atoms with Crippen LogP contribution in [-0.2, 0) is 42.7 Å². The summed E-state index contributed by atoms with van der Waals surface area (Å²) in [5, 5.41) is 2.24. The first-order valence-electron chi connectivity index (χ1n) is 27.2. The number of ether oxygens (including phenoxy) is 1. The summed E-state index contributed by atoms with van der Waals surface area (Å²) in [5.41, 5.74) is 16.9. The Morgan fingerprint density at radius 3 is 1.75 bits per heavy atom. The molecule has 1 aliphatic rings. The Kier molecular flexibility index (Phi) is 15.0. The second-order valence-corrected chi connectivity index (χ2v) is 25.2. The zero-order valence-corrected chi connectivity index (χ0v) is 50.1. The van der Waals surface area contributed by atoms with Gasteiger partial charge in [-0.15, -0.1) is 53.6 Å². The van der Waals surface area contributed by atoms with Crippen LogP contribution in [0.4, 0.5) is 11.4 Å². The van der Waals surface area contributed by atoms with Gasteiger partial charge in [0.15, 0.2) is 0 Å². The van der Waals surface area contributed by atoms with E-state index in [2.05, 4.69) is 295 Å². The average molecular weight is 1200 g/mol. The third-order valence-corrected chi connectivity index (χ3v) is 15.5. The van der Waals surface area contributed by atoms with Gasteiger partial charge in [0.25, 0.3) is 0 Å². The zero-order chi connectivity index (χ0) is 54.1. The first-order valence-corrected chi connectivity index (χ1v) is 27.2. The Morgan fingerprint density at radius 1 is 0.519 bits per heavy atom. The van der Waals surface area contributed by atoms with Crippen LogP contribution in [0.15, 0.2) is 164 Å². The van der Waals surface area contributed by atoms with Gasteiger partial charge in [-0.05, 0) is 120 Å². The van der Waals surface area contributed by atoms with Gasteiger partial charge in [0.2, 0.25) is 0 Å². The monoisotopic (exact) mass is 1190 g/mol. The summed E-state index contributed by atoms with van der Waals surface area (Å²) < 4.78 is 9.42. The Labute approximate surface area is 474 Å². The van der Waals surface area contributed by atoms with Crippen LogP contribution in [0.2, 0.25) is 0 Å². The van der Waals surface area contributed by atoms with E-state index in [1.54, 1.807) is 0 Å². The quantitative estimate of drug-likeness (QED) is 0.121. The molecule has 77 heavy (non-hydrogen) atoms. The summed E-state index contributed by atoms with van der Waals surface area (Å²) in [4.78, 5) is 9.65. The minimum absolute atomic E-state index is 0. The number of pyridine rings is 1. The molecule has 5 nitrogen and oxygen atoms in total. The fraction of sp³-hybridized carbons (Fsp3) is 0.296. The van der Waals surface area contributed by atoms with Crippen molar-refractivity contribution >= 4 is 38.9 Å². The number of fused-ring (bicyclic) bond motifs is 3. The second-order valence-electron chi connectivity index (χ2n) is 25.2. The summed E-state index contributed by atoms with van der Waals surface area (Å²) in [6.07, 6.45) is 4.19. The Balaban J connectivity index is 0.00000722. The standard InChI is InChI=1S/C71H75N4O.Pt/c1-46(2)59-27-22-28-60(47(3)4)67(59)49-35-55(73-44-65(48-23-18-16-19-24-48)74(45-73)56-38-53(69(8,9)10)37-54(39-56)70(11,12)13)42-58(36-49)76-57-30-31-61-62-40-51(68(5,6)7)29-32-63(62)75(64(61)43-57)66-41-52(33-34-72-66)71(14,15)50-25-20-17-21-26-50;/h16-41,44-47H,1-15H3;/q-3;. The third-order valence-electron chi connectivity index (χ3n) is 15.5. The molecule has 7 aromatic carbocycles. The zero-order valence-electron chi connectivity index (χ0n) is 47.8. The number of nitrogens with zero attached hydrogens (tertiary/aromatic N) is 4. The van der Waals surface area contributed by atoms with Crippen molar-refractivity contribution in [1.82, 2.24) is 9.55 Å².